The zero-order valence-corrected chi connectivity index (χ0v) is 12.5. The van der Waals surface area contributed by atoms with Gasteiger partial charge in [-0.3, -0.25) is 4.79 Å². The average Bonchev–Trinajstić information content (AvgIpc) is 2.25. The highest BCUT2D eigenvalue weighted by molar-refractivity contribution is 14.1. The molecule has 0 aliphatic heterocycles. The predicted molar refractivity (Wildman–Crippen MR) is 77.0 cm³/mol. The molecule has 1 atom stereocenters. The maximum atomic E-state index is 12.2. The molecule has 1 unspecified atom stereocenters. The van der Waals surface area contributed by atoms with Gasteiger partial charge in [-0.25, -0.2) is 0 Å². The van der Waals surface area contributed by atoms with Crippen LogP contribution < -0.4 is 0 Å². The molecule has 17 heavy (non-hydrogen) atoms. The van der Waals surface area contributed by atoms with E-state index in [4.69, 9.17) is 0 Å². The van der Waals surface area contributed by atoms with Crippen LogP contribution >= 0.6 is 22.6 Å². The van der Waals surface area contributed by atoms with Crippen molar-refractivity contribution in [3.05, 3.63) is 33.4 Å². The number of hydrogen-bond acceptors (Lipinski definition) is 2. The number of amides is 1. The molecule has 0 radical (unpaired) electrons. The molecule has 0 fully saturated rings. The van der Waals surface area contributed by atoms with Gasteiger partial charge in [0.05, 0.1) is 6.10 Å². The molecule has 0 saturated heterocycles. The molecule has 94 valence electrons. The number of rotatable bonds is 4. The second-order valence-electron chi connectivity index (χ2n) is 4.41. The molecule has 1 N–H and O–H groups in total. The molecule has 0 aliphatic carbocycles. The Kier molecular flexibility index (Phi) is 5.39. The highest BCUT2D eigenvalue weighted by Crippen LogP contribution is 2.12. The van der Waals surface area contributed by atoms with Gasteiger partial charge in [-0.2, -0.15) is 0 Å². The van der Waals surface area contributed by atoms with E-state index in [-0.39, 0.29) is 11.9 Å². The van der Waals surface area contributed by atoms with Crippen molar-refractivity contribution in [3.63, 3.8) is 0 Å². The molecule has 1 amide bonds. The molecule has 0 aliphatic rings. The van der Waals surface area contributed by atoms with Gasteiger partial charge in [0.25, 0.3) is 5.91 Å². The number of carbonyl (C=O) groups is 1. The Balaban J connectivity index is 2.88. The van der Waals surface area contributed by atoms with Gasteiger partial charge in [0.2, 0.25) is 0 Å². The van der Waals surface area contributed by atoms with Gasteiger partial charge < -0.3 is 10.0 Å². The molecular formula is C13H18INO2. The van der Waals surface area contributed by atoms with Crippen LogP contribution in [0.15, 0.2) is 24.3 Å². The molecule has 1 aromatic carbocycles. The maximum absolute atomic E-state index is 12.2. The Bertz CT molecular complexity index is 374. The van der Waals surface area contributed by atoms with Crippen molar-refractivity contribution in [2.24, 2.45) is 0 Å². The van der Waals surface area contributed by atoms with Gasteiger partial charge in [-0.05, 0) is 67.6 Å². The predicted octanol–water partition coefficient (Wildman–Crippen LogP) is 2.52. The Morgan fingerprint density at radius 1 is 1.29 bits per heavy atom. The molecule has 0 bridgehead atoms. The third kappa shape index (κ3) is 4.27. The lowest BCUT2D eigenvalue weighted by molar-refractivity contribution is 0.0579. The van der Waals surface area contributed by atoms with Gasteiger partial charge in [0.15, 0.2) is 0 Å². The standard InChI is InChI=1S/C13H18INO2/c1-9(2)15(8-10(3)16)13(17)11-4-6-12(14)7-5-11/h4-7,9-10,16H,8H2,1-3H3. The number of benzene rings is 1. The van der Waals surface area contributed by atoms with Gasteiger partial charge in [0.1, 0.15) is 0 Å². The first-order valence-corrected chi connectivity index (χ1v) is 6.74. The van der Waals surface area contributed by atoms with E-state index in [0.29, 0.717) is 12.1 Å². The summed E-state index contributed by atoms with van der Waals surface area (Å²) >= 11 is 2.21. The van der Waals surface area contributed by atoms with Crippen molar-refractivity contribution in [2.45, 2.75) is 32.9 Å². The normalized spacial score (nSPS) is 12.6. The maximum Gasteiger partial charge on any atom is 0.254 e. The SMILES string of the molecule is CC(O)CN(C(=O)c1ccc(I)cc1)C(C)C. The van der Waals surface area contributed by atoms with Gasteiger partial charge >= 0.3 is 0 Å². The molecule has 3 nitrogen and oxygen atoms in total. The second-order valence-corrected chi connectivity index (χ2v) is 5.65. The minimum absolute atomic E-state index is 0.0303. The molecular weight excluding hydrogens is 329 g/mol. The lowest BCUT2D eigenvalue weighted by atomic mass is 10.1. The fourth-order valence-electron chi connectivity index (χ4n) is 1.57. The van der Waals surface area contributed by atoms with Gasteiger partial charge in [-0.15, -0.1) is 0 Å². The van der Waals surface area contributed by atoms with Crippen LogP contribution in [0.5, 0.6) is 0 Å². The van der Waals surface area contributed by atoms with Crippen LogP contribution in [0.2, 0.25) is 0 Å². The van der Waals surface area contributed by atoms with Gasteiger partial charge in [-0.1, -0.05) is 0 Å². The van der Waals surface area contributed by atoms with E-state index in [1.54, 1.807) is 11.8 Å². The smallest absolute Gasteiger partial charge is 0.254 e. The van der Waals surface area contributed by atoms with Crippen LogP contribution in [0, 0.1) is 3.57 Å². The minimum atomic E-state index is -0.509. The first-order chi connectivity index (χ1) is 7.91. The molecule has 1 aromatic rings. The summed E-state index contributed by atoms with van der Waals surface area (Å²) in [6.45, 7) is 5.96. The minimum Gasteiger partial charge on any atom is -0.392 e. The van der Waals surface area contributed by atoms with Crippen LogP contribution in [0.25, 0.3) is 0 Å². The Labute approximate surface area is 116 Å². The number of nitrogens with zero attached hydrogens (tertiary/aromatic N) is 1. The molecule has 0 spiro atoms. The Morgan fingerprint density at radius 2 is 1.82 bits per heavy atom. The van der Waals surface area contributed by atoms with E-state index in [1.165, 1.54) is 0 Å². The van der Waals surface area contributed by atoms with Crippen molar-refractivity contribution in [1.82, 2.24) is 4.90 Å². The number of carbonyl (C=O) groups excluding carboxylic acids is 1. The topological polar surface area (TPSA) is 40.5 Å². The van der Waals surface area contributed by atoms with Crippen LogP contribution in [-0.4, -0.2) is 34.6 Å². The quantitative estimate of drug-likeness (QED) is 0.851. The van der Waals surface area contributed by atoms with Crippen molar-refractivity contribution in [2.75, 3.05) is 6.54 Å². The lowest BCUT2D eigenvalue weighted by Gasteiger charge is -2.28. The van der Waals surface area contributed by atoms with Gasteiger partial charge in [0, 0.05) is 21.7 Å². The van der Waals surface area contributed by atoms with E-state index >= 15 is 0 Å². The largest absolute Gasteiger partial charge is 0.392 e. The summed E-state index contributed by atoms with van der Waals surface area (Å²) in [7, 11) is 0. The van der Waals surface area contributed by atoms with Crippen molar-refractivity contribution in [3.8, 4) is 0 Å². The lowest BCUT2D eigenvalue weighted by Crippen LogP contribution is -2.41. The van der Waals surface area contributed by atoms with E-state index in [1.807, 2.05) is 38.1 Å². The fourth-order valence-corrected chi connectivity index (χ4v) is 1.93. The third-order valence-corrected chi connectivity index (χ3v) is 3.16. The number of aliphatic hydroxyl groups is 1. The van der Waals surface area contributed by atoms with Crippen LogP contribution in [0.3, 0.4) is 0 Å². The zero-order valence-electron chi connectivity index (χ0n) is 10.4. The molecule has 1 rings (SSSR count). The van der Waals surface area contributed by atoms with Crippen molar-refractivity contribution in [1.29, 1.82) is 0 Å². The summed E-state index contributed by atoms with van der Waals surface area (Å²) in [5.41, 5.74) is 0.666. The number of hydrogen-bond donors (Lipinski definition) is 1. The molecule has 0 saturated carbocycles. The van der Waals surface area contributed by atoms with E-state index in [0.717, 1.165) is 3.57 Å². The zero-order chi connectivity index (χ0) is 13.0. The van der Waals surface area contributed by atoms with E-state index < -0.39 is 6.10 Å². The highest BCUT2D eigenvalue weighted by atomic mass is 127. The van der Waals surface area contributed by atoms with E-state index in [9.17, 15) is 9.90 Å². The molecule has 0 aromatic heterocycles. The summed E-state index contributed by atoms with van der Waals surface area (Å²) in [4.78, 5) is 13.9. The average molecular weight is 347 g/mol. The Morgan fingerprint density at radius 3 is 2.24 bits per heavy atom. The number of halogens is 1. The van der Waals surface area contributed by atoms with Crippen LogP contribution in [0.4, 0.5) is 0 Å². The van der Waals surface area contributed by atoms with Crippen molar-refractivity contribution >= 4 is 28.5 Å². The number of aliphatic hydroxyl groups excluding tert-OH is 1. The third-order valence-electron chi connectivity index (χ3n) is 2.44. The molecule has 0 heterocycles. The van der Waals surface area contributed by atoms with Crippen molar-refractivity contribution < 1.29 is 9.90 Å². The Hall–Kier alpha value is -0.620. The monoisotopic (exact) mass is 347 g/mol. The first-order valence-electron chi connectivity index (χ1n) is 5.66. The summed E-state index contributed by atoms with van der Waals surface area (Å²) < 4.78 is 1.10. The van der Waals surface area contributed by atoms with Crippen LogP contribution in [0.1, 0.15) is 31.1 Å². The van der Waals surface area contributed by atoms with E-state index in [2.05, 4.69) is 22.6 Å². The summed E-state index contributed by atoms with van der Waals surface area (Å²) in [5, 5.41) is 9.42. The summed E-state index contributed by atoms with van der Waals surface area (Å²) in [6, 6.07) is 7.54. The first kappa shape index (κ1) is 14.4. The summed E-state index contributed by atoms with van der Waals surface area (Å²) in [5.74, 6) is -0.0303. The second kappa shape index (κ2) is 6.35. The summed E-state index contributed by atoms with van der Waals surface area (Å²) in [6.07, 6.45) is -0.509. The fraction of sp³-hybridized carbons (Fsp3) is 0.462. The molecule has 4 heteroatoms. The highest BCUT2D eigenvalue weighted by Gasteiger charge is 2.19. The van der Waals surface area contributed by atoms with Crippen LogP contribution in [-0.2, 0) is 0 Å².